The fraction of sp³-hybridized carbons (Fsp3) is 0.182. The summed E-state index contributed by atoms with van der Waals surface area (Å²) >= 11 is 7.55. The lowest BCUT2D eigenvalue weighted by molar-refractivity contribution is -0.113. The average Bonchev–Trinajstić information content (AvgIpc) is 3.34. The van der Waals surface area contributed by atoms with Crippen molar-refractivity contribution in [2.24, 2.45) is 0 Å². The van der Waals surface area contributed by atoms with Crippen molar-refractivity contribution in [1.29, 1.82) is 0 Å². The summed E-state index contributed by atoms with van der Waals surface area (Å²) in [6.07, 6.45) is 1.61. The molecule has 2 aromatic carbocycles. The Morgan fingerprint density at radius 2 is 1.94 bits per heavy atom. The van der Waals surface area contributed by atoms with Gasteiger partial charge < -0.3 is 5.32 Å². The first-order valence-electron chi connectivity index (χ1n) is 9.64. The molecule has 0 saturated heterocycles. The van der Waals surface area contributed by atoms with E-state index in [9.17, 15) is 4.79 Å². The normalized spacial score (nSPS) is 11.0. The van der Waals surface area contributed by atoms with E-state index >= 15 is 0 Å². The van der Waals surface area contributed by atoms with Crippen LogP contribution in [0.1, 0.15) is 17.0 Å². The number of halogens is 1. The first kappa shape index (κ1) is 21.1. The standard InChI is InChI=1S/C22H21ClN6OS/c1-14-8-9-17(11-18(14)23)28-13-24-26-22(28)31-12-21(30)25-19-6-4-5-7-20(19)29-16(3)10-15(2)27-29/h4-11,13H,12H2,1-3H3,(H,25,30). The van der Waals surface area contributed by atoms with E-state index in [1.54, 1.807) is 6.33 Å². The van der Waals surface area contributed by atoms with Gasteiger partial charge in [0.25, 0.3) is 0 Å². The van der Waals surface area contributed by atoms with Gasteiger partial charge in [-0.15, -0.1) is 10.2 Å². The third-order valence-corrected chi connectivity index (χ3v) is 6.05. The summed E-state index contributed by atoms with van der Waals surface area (Å²) in [7, 11) is 0. The zero-order valence-electron chi connectivity index (χ0n) is 17.3. The van der Waals surface area contributed by atoms with Crippen molar-refractivity contribution in [3.05, 3.63) is 76.8 Å². The van der Waals surface area contributed by atoms with Crippen LogP contribution in [-0.4, -0.2) is 36.2 Å². The van der Waals surface area contributed by atoms with Crippen molar-refractivity contribution < 1.29 is 4.79 Å². The summed E-state index contributed by atoms with van der Waals surface area (Å²) in [6, 6.07) is 15.3. The molecule has 0 spiro atoms. The Balaban J connectivity index is 1.48. The van der Waals surface area contributed by atoms with Gasteiger partial charge >= 0.3 is 0 Å². The van der Waals surface area contributed by atoms with Crippen LogP contribution in [0.25, 0.3) is 11.4 Å². The zero-order chi connectivity index (χ0) is 22.0. The topological polar surface area (TPSA) is 77.6 Å². The molecule has 0 aliphatic rings. The second kappa shape index (κ2) is 8.95. The van der Waals surface area contributed by atoms with Crippen LogP contribution in [0.2, 0.25) is 5.02 Å². The number of benzene rings is 2. The van der Waals surface area contributed by atoms with E-state index in [-0.39, 0.29) is 11.7 Å². The van der Waals surface area contributed by atoms with E-state index in [1.165, 1.54) is 11.8 Å². The van der Waals surface area contributed by atoms with E-state index < -0.39 is 0 Å². The second-order valence-electron chi connectivity index (χ2n) is 7.11. The third kappa shape index (κ3) is 4.65. The number of anilines is 1. The van der Waals surface area contributed by atoms with Gasteiger partial charge in [-0.1, -0.05) is 41.6 Å². The maximum atomic E-state index is 12.7. The predicted molar refractivity (Wildman–Crippen MR) is 123 cm³/mol. The van der Waals surface area contributed by atoms with Gasteiger partial charge in [-0.05, 0) is 56.7 Å². The van der Waals surface area contributed by atoms with E-state index in [0.29, 0.717) is 15.9 Å². The minimum Gasteiger partial charge on any atom is -0.323 e. The highest BCUT2D eigenvalue weighted by Crippen LogP contribution is 2.25. The monoisotopic (exact) mass is 452 g/mol. The second-order valence-corrected chi connectivity index (χ2v) is 8.46. The van der Waals surface area contributed by atoms with Gasteiger partial charge in [-0.25, -0.2) is 4.68 Å². The minimum atomic E-state index is -0.143. The number of hydrogen-bond acceptors (Lipinski definition) is 5. The van der Waals surface area contributed by atoms with Crippen LogP contribution >= 0.6 is 23.4 Å². The Morgan fingerprint density at radius 1 is 1.13 bits per heavy atom. The largest absolute Gasteiger partial charge is 0.323 e. The molecule has 0 radical (unpaired) electrons. The summed E-state index contributed by atoms with van der Waals surface area (Å²) in [5.41, 5.74) is 5.28. The van der Waals surface area contributed by atoms with Crippen LogP contribution in [0.5, 0.6) is 0 Å². The molecule has 7 nitrogen and oxygen atoms in total. The molecule has 4 aromatic rings. The summed E-state index contributed by atoms with van der Waals surface area (Å²) in [4.78, 5) is 12.7. The third-order valence-electron chi connectivity index (χ3n) is 4.70. The summed E-state index contributed by atoms with van der Waals surface area (Å²) in [5, 5.41) is 16.9. The number of nitrogens with zero attached hydrogens (tertiary/aromatic N) is 5. The molecule has 31 heavy (non-hydrogen) atoms. The molecule has 0 unspecified atom stereocenters. The molecule has 1 amide bonds. The van der Waals surface area contributed by atoms with Gasteiger partial charge in [0.15, 0.2) is 5.16 Å². The van der Waals surface area contributed by atoms with Crippen LogP contribution in [0.15, 0.2) is 60.0 Å². The molecular weight excluding hydrogens is 432 g/mol. The number of para-hydroxylation sites is 2. The van der Waals surface area contributed by atoms with Gasteiger partial charge in [-0.3, -0.25) is 9.36 Å². The quantitative estimate of drug-likeness (QED) is 0.426. The highest BCUT2D eigenvalue weighted by Gasteiger charge is 2.14. The average molecular weight is 453 g/mol. The molecule has 0 fully saturated rings. The number of thioether (sulfide) groups is 1. The molecule has 0 aliphatic carbocycles. The highest BCUT2D eigenvalue weighted by molar-refractivity contribution is 7.99. The first-order chi connectivity index (χ1) is 14.9. The van der Waals surface area contributed by atoms with Crippen molar-refractivity contribution in [1.82, 2.24) is 24.5 Å². The smallest absolute Gasteiger partial charge is 0.234 e. The number of aryl methyl sites for hydroxylation is 3. The number of amides is 1. The molecule has 2 aromatic heterocycles. The minimum absolute atomic E-state index is 0.143. The van der Waals surface area contributed by atoms with Crippen molar-refractivity contribution in [2.75, 3.05) is 11.1 Å². The Kier molecular flexibility index (Phi) is 6.11. The maximum absolute atomic E-state index is 12.7. The molecule has 4 rings (SSSR count). The molecule has 0 bridgehead atoms. The van der Waals surface area contributed by atoms with Crippen LogP contribution < -0.4 is 5.32 Å². The van der Waals surface area contributed by atoms with Crippen LogP contribution in [-0.2, 0) is 4.79 Å². The van der Waals surface area contributed by atoms with Gasteiger partial charge in [0.2, 0.25) is 5.91 Å². The fourth-order valence-corrected chi connectivity index (χ4v) is 4.09. The summed E-state index contributed by atoms with van der Waals surface area (Å²) in [5.74, 6) is 0.0412. The Bertz CT molecular complexity index is 1250. The summed E-state index contributed by atoms with van der Waals surface area (Å²) < 4.78 is 3.64. The van der Waals surface area contributed by atoms with Crippen molar-refractivity contribution >= 4 is 35.0 Å². The Morgan fingerprint density at radius 3 is 2.68 bits per heavy atom. The molecule has 1 N–H and O–H groups in total. The number of nitrogens with one attached hydrogen (secondary N) is 1. The highest BCUT2D eigenvalue weighted by atomic mass is 35.5. The van der Waals surface area contributed by atoms with E-state index in [0.717, 1.165) is 28.3 Å². The Hall–Kier alpha value is -3.10. The number of aromatic nitrogens is 5. The summed E-state index contributed by atoms with van der Waals surface area (Å²) in [6.45, 7) is 5.87. The zero-order valence-corrected chi connectivity index (χ0v) is 18.9. The molecule has 2 heterocycles. The molecular formula is C22H21ClN6OS. The Labute approximate surface area is 189 Å². The van der Waals surface area contributed by atoms with Gasteiger partial charge in [0, 0.05) is 10.7 Å². The van der Waals surface area contributed by atoms with Crippen LogP contribution in [0.3, 0.4) is 0 Å². The van der Waals surface area contributed by atoms with Gasteiger partial charge in [0.05, 0.1) is 28.5 Å². The van der Waals surface area contributed by atoms with Crippen molar-refractivity contribution in [3.8, 4) is 11.4 Å². The number of hydrogen-bond donors (Lipinski definition) is 1. The SMILES string of the molecule is Cc1cc(C)n(-c2ccccc2NC(=O)CSc2nncn2-c2ccc(C)c(Cl)c2)n1. The first-order valence-corrected chi connectivity index (χ1v) is 11.0. The van der Waals surface area contributed by atoms with Gasteiger partial charge in [0.1, 0.15) is 6.33 Å². The molecule has 0 saturated carbocycles. The van der Waals surface area contributed by atoms with Crippen LogP contribution in [0.4, 0.5) is 5.69 Å². The number of rotatable bonds is 6. The molecule has 9 heteroatoms. The van der Waals surface area contributed by atoms with E-state index in [1.807, 2.05) is 78.6 Å². The lowest BCUT2D eigenvalue weighted by atomic mass is 10.2. The van der Waals surface area contributed by atoms with Crippen molar-refractivity contribution in [2.45, 2.75) is 25.9 Å². The van der Waals surface area contributed by atoms with Gasteiger partial charge in [-0.2, -0.15) is 5.10 Å². The lowest BCUT2D eigenvalue weighted by Gasteiger charge is -2.12. The van der Waals surface area contributed by atoms with Crippen LogP contribution in [0, 0.1) is 20.8 Å². The lowest BCUT2D eigenvalue weighted by Crippen LogP contribution is -2.16. The maximum Gasteiger partial charge on any atom is 0.234 e. The van der Waals surface area contributed by atoms with E-state index in [4.69, 9.17) is 11.6 Å². The molecule has 0 aliphatic heterocycles. The van der Waals surface area contributed by atoms with E-state index in [2.05, 4.69) is 20.6 Å². The fourth-order valence-electron chi connectivity index (χ4n) is 3.18. The molecule has 158 valence electrons. The molecule has 0 atom stereocenters. The number of carbonyl (C=O) groups excluding carboxylic acids is 1. The number of carbonyl (C=O) groups is 1. The van der Waals surface area contributed by atoms with Crippen molar-refractivity contribution in [3.63, 3.8) is 0 Å². The predicted octanol–water partition coefficient (Wildman–Crippen LogP) is 4.76.